The topological polar surface area (TPSA) is 84.9 Å². The van der Waals surface area contributed by atoms with Crippen LogP contribution in [0.5, 0.6) is 0 Å². The number of benzene rings is 1. The predicted molar refractivity (Wildman–Crippen MR) is 55.0 cm³/mol. The number of ether oxygens (including phenoxy) is 1. The zero-order valence-corrected chi connectivity index (χ0v) is 8.52. The second-order valence-electron chi connectivity index (χ2n) is 3.06. The maximum absolute atomic E-state index is 11.3. The van der Waals surface area contributed by atoms with E-state index in [2.05, 4.69) is 9.89 Å². The molecule has 0 unspecified atom stereocenters. The molecule has 0 saturated carbocycles. The highest BCUT2D eigenvalue weighted by molar-refractivity contribution is 6.00. The third-order valence-electron chi connectivity index (χ3n) is 1.90. The molecular weight excluding hydrogens is 196 g/mol. The molecule has 3 N–H and O–H groups in total. The fourth-order valence-corrected chi connectivity index (χ4v) is 1.22. The lowest BCUT2D eigenvalue weighted by Crippen LogP contribution is -2.14. The van der Waals surface area contributed by atoms with E-state index < -0.39 is 5.97 Å². The lowest BCUT2D eigenvalue weighted by molar-refractivity contribution is 0.0600. The molecule has 0 fully saturated rings. The quantitative estimate of drug-likeness (QED) is 0.248. The number of hydrogen-bond acceptors (Lipinski definition) is 4. The molecule has 0 aliphatic rings. The number of rotatable bonds is 2. The van der Waals surface area contributed by atoms with Gasteiger partial charge in [0, 0.05) is 5.56 Å². The van der Waals surface area contributed by atoms with Crippen LogP contribution in [0.2, 0.25) is 0 Å². The molecule has 1 aromatic carbocycles. The Morgan fingerprint density at radius 3 is 2.53 bits per heavy atom. The SMILES string of the molecule is COC(=O)c1cc(C)cc(/C(N)=N/O)c1. The van der Waals surface area contributed by atoms with Crippen molar-refractivity contribution in [3.8, 4) is 0 Å². The number of oxime groups is 1. The van der Waals surface area contributed by atoms with Gasteiger partial charge in [-0.15, -0.1) is 0 Å². The standard InChI is InChI=1S/C10H12N2O3/c1-6-3-7(9(11)12-14)5-8(4-6)10(13)15-2/h3-5,14H,1-2H3,(H2,11,12). The van der Waals surface area contributed by atoms with Gasteiger partial charge >= 0.3 is 5.97 Å². The van der Waals surface area contributed by atoms with Crippen molar-refractivity contribution in [3.05, 3.63) is 34.9 Å². The van der Waals surface area contributed by atoms with Crippen LogP contribution in [0.1, 0.15) is 21.5 Å². The minimum atomic E-state index is -0.453. The summed E-state index contributed by atoms with van der Waals surface area (Å²) in [6, 6.07) is 4.88. The number of methoxy groups -OCH3 is 1. The first-order valence-corrected chi connectivity index (χ1v) is 4.26. The van der Waals surface area contributed by atoms with Crippen molar-refractivity contribution in [1.29, 1.82) is 0 Å². The summed E-state index contributed by atoms with van der Waals surface area (Å²) in [4.78, 5) is 11.3. The van der Waals surface area contributed by atoms with E-state index in [1.54, 1.807) is 19.1 Å². The van der Waals surface area contributed by atoms with Crippen molar-refractivity contribution < 1.29 is 14.7 Å². The molecular formula is C10H12N2O3. The van der Waals surface area contributed by atoms with E-state index in [9.17, 15) is 4.79 Å². The molecule has 0 aliphatic carbocycles. The molecule has 0 bridgehead atoms. The molecule has 80 valence electrons. The molecule has 15 heavy (non-hydrogen) atoms. The smallest absolute Gasteiger partial charge is 0.337 e. The van der Waals surface area contributed by atoms with Gasteiger partial charge in [0.25, 0.3) is 0 Å². The Hall–Kier alpha value is -2.04. The van der Waals surface area contributed by atoms with Crippen molar-refractivity contribution >= 4 is 11.8 Å². The number of amidine groups is 1. The molecule has 0 amide bonds. The molecule has 5 nitrogen and oxygen atoms in total. The lowest BCUT2D eigenvalue weighted by Gasteiger charge is -2.04. The van der Waals surface area contributed by atoms with Crippen LogP contribution in [0.25, 0.3) is 0 Å². The second kappa shape index (κ2) is 4.45. The fraction of sp³-hybridized carbons (Fsp3) is 0.200. The van der Waals surface area contributed by atoms with Crippen LogP contribution in [-0.2, 0) is 4.74 Å². The molecule has 0 spiro atoms. The Morgan fingerprint density at radius 2 is 2.00 bits per heavy atom. The fourth-order valence-electron chi connectivity index (χ4n) is 1.22. The van der Waals surface area contributed by atoms with Gasteiger partial charge in [-0.25, -0.2) is 4.79 Å². The molecule has 0 heterocycles. The number of aryl methyl sites for hydroxylation is 1. The van der Waals surface area contributed by atoms with Crippen LogP contribution >= 0.6 is 0 Å². The minimum absolute atomic E-state index is 0.0381. The Bertz CT molecular complexity index is 413. The molecule has 0 aromatic heterocycles. The third-order valence-corrected chi connectivity index (χ3v) is 1.90. The maximum Gasteiger partial charge on any atom is 0.337 e. The highest BCUT2D eigenvalue weighted by Crippen LogP contribution is 2.10. The summed E-state index contributed by atoms with van der Waals surface area (Å²) < 4.78 is 4.58. The first-order valence-electron chi connectivity index (χ1n) is 4.26. The van der Waals surface area contributed by atoms with Crippen LogP contribution in [0, 0.1) is 6.92 Å². The zero-order valence-electron chi connectivity index (χ0n) is 8.52. The second-order valence-corrected chi connectivity index (χ2v) is 3.06. The maximum atomic E-state index is 11.3. The predicted octanol–water partition coefficient (Wildman–Crippen LogP) is 0.876. The number of nitrogens with two attached hydrogens (primary N) is 1. The Labute approximate surface area is 87.1 Å². The summed E-state index contributed by atoms with van der Waals surface area (Å²) in [5, 5.41) is 11.4. The monoisotopic (exact) mass is 208 g/mol. The van der Waals surface area contributed by atoms with Crippen LogP contribution in [0.4, 0.5) is 0 Å². The number of hydrogen-bond donors (Lipinski definition) is 2. The minimum Gasteiger partial charge on any atom is -0.465 e. The van der Waals surface area contributed by atoms with E-state index in [1.807, 2.05) is 0 Å². The molecule has 0 radical (unpaired) electrons. The highest BCUT2D eigenvalue weighted by atomic mass is 16.5. The van der Waals surface area contributed by atoms with Crippen molar-refractivity contribution in [3.63, 3.8) is 0 Å². The molecule has 1 aromatic rings. The summed E-state index contributed by atoms with van der Waals surface area (Å²) in [6.45, 7) is 1.81. The zero-order chi connectivity index (χ0) is 11.4. The van der Waals surface area contributed by atoms with Gasteiger partial charge in [0.05, 0.1) is 12.7 Å². The summed E-state index contributed by atoms with van der Waals surface area (Å²) in [6.07, 6.45) is 0. The third kappa shape index (κ3) is 2.46. The van der Waals surface area contributed by atoms with Crippen molar-refractivity contribution in [1.82, 2.24) is 0 Å². The van der Waals surface area contributed by atoms with E-state index in [4.69, 9.17) is 10.9 Å². The Balaban J connectivity index is 3.22. The van der Waals surface area contributed by atoms with Gasteiger partial charge in [0.1, 0.15) is 0 Å². The summed E-state index contributed by atoms with van der Waals surface area (Å²) in [7, 11) is 1.30. The van der Waals surface area contributed by atoms with Gasteiger partial charge in [-0.2, -0.15) is 0 Å². The molecule has 5 heteroatoms. The van der Waals surface area contributed by atoms with Crippen LogP contribution in [-0.4, -0.2) is 24.1 Å². The van der Waals surface area contributed by atoms with Gasteiger partial charge in [-0.3, -0.25) is 0 Å². The van der Waals surface area contributed by atoms with E-state index in [0.717, 1.165) is 5.56 Å². The van der Waals surface area contributed by atoms with Crippen LogP contribution < -0.4 is 5.73 Å². The van der Waals surface area contributed by atoms with Gasteiger partial charge in [0.2, 0.25) is 0 Å². The van der Waals surface area contributed by atoms with Crippen LogP contribution in [0.15, 0.2) is 23.4 Å². The Morgan fingerprint density at radius 1 is 1.40 bits per heavy atom. The first-order chi connectivity index (χ1) is 7.08. The number of esters is 1. The van der Waals surface area contributed by atoms with Crippen molar-refractivity contribution in [2.75, 3.05) is 7.11 Å². The Kier molecular flexibility index (Phi) is 3.28. The van der Waals surface area contributed by atoms with Crippen molar-refractivity contribution in [2.45, 2.75) is 6.92 Å². The average molecular weight is 208 g/mol. The van der Waals surface area contributed by atoms with Crippen molar-refractivity contribution in [2.24, 2.45) is 10.9 Å². The lowest BCUT2D eigenvalue weighted by atomic mass is 10.1. The summed E-state index contributed by atoms with van der Waals surface area (Å²) in [5.41, 5.74) is 7.11. The van der Waals surface area contributed by atoms with Gasteiger partial charge in [-0.05, 0) is 30.7 Å². The summed E-state index contributed by atoms with van der Waals surface area (Å²) >= 11 is 0. The summed E-state index contributed by atoms with van der Waals surface area (Å²) in [5.74, 6) is -0.491. The van der Waals surface area contributed by atoms with E-state index in [1.165, 1.54) is 13.2 Å². The molecule has 0 atom stereocenters. The largest absolute Gasteiger partial charge is 0.465 e. The number of nitrogens with zero attached hydrogens (tertiary/aromatic N) is 1. The van der Waals surface area contributed by atoms with Gasteiger partial charge in [0.15, 0.2) is 5.84 Å². The first kappa shape index (κ1) is 11.0. The van der Waals surface area contributed by atoms with Gasteiger partial charge < -0.3 is 15.7 Å². The van der Waals surface area contributed by atoms with Gasteiger partial charge in [-0.1, -0.05) is 5.16 Å². The normalized spacial score (nSPS) is 11.2. The number of carbonyl (C=O) groups is 1. The average Bonchev–Trinajstić information content (AvgIpc) is 2.26. The molecule has 1 rings (SSSR count). The van der Waals surface area contributed by atoms with E-state index >= 15 is 0 Å². The molecule has 0 saturated heterocycles. The highest BCUT2D eigenvalue weighted by Gasteiger charge is 2.09. The van der Waals surface area contributed by atoms with Crippen LogP contribution in [0.3, 0.4) is 0 Å². The van der Waals surface area contributed by atoms with E-state index in [0.29, 0.717) is 11.1 Å². The van der Waals surface area contributed by atoms with E-state index in [-0.39, 0.29) is 5.84 Å². The number of carbonyl (C=O) groups excluding carboxylic acids is 1. The molecule has 0 aliphatic heterocycles.